The van der Waals surface area contributed by atoms with Crippen LogP contribution in [0.3, 0.4) is 0 Å². The molecule has 1 aromatic carbocycles. The fraction of sp³-hybridized carbons (Fsp3) is 0. The molecule has 0 fully saturated rings. The molecule has 0 aliphatic rings. The molecule has 1 amide bonds. The third-order valence-electron chi connectivity index (χ3n) is 1.78. The zero-order chi connectivity index (χ0) is 14.1. The third kappa shape index (κ3) is 3.03. The van der Waals surface area contributed by atoms with E-state index < -0.39 is 26.8 Å². The molecule has 98 valence electrons. The van der Waals surface area contributed by atoms with E-state index >= 15 is 0 Å². The normalized spacial score (nSPS) is 11.0. The van der Waals surface area contributed by atoms with Crippen molar-refractivity contribution >= 4 is 50.8 Å². The maximum atomic E-state index is 11.6. The van der Waals surface area contributed by atoms with E-state index in [2.05, 4.69) is 0 Å². The lowest BCUT2D eigenvalue weighted by Crippen LogP contribution is -2.35. The van der Waals surface area contributed by atoms with E-state index in [9.17, 15) is 18.0 Å². The first-order valence-electron chi connectivity index (χ1n) is 4.19. The monoisotopic (exact) mass is 312 g/mol. The molecule has 0 aromatic heterocycles. The van der Waals surface area contributed by atoms with Crippen molar-refractivity contribution < 1.29 is 23.1 Å². The Bertz CT molecular complexity index is 605. The van der Waals surface area contributed by atoms with Crippen molar-refractivity contribution in [3.63, 3.8) is 0 Å². The van der Waals surface area contributed by atoms with Gasteiger partial charge < -0.3 is 10.8 Å². The molecule has 0 aliphatic carbocycles. The number of benzene rings is 1. The lowest BCUT2D eigenvalue weighted by molar-refractivity contribution is -0.149. The molecule has 7 nitrogen and oxygen atoms in total. The summed E-state index contributed by atoms with van der Waals surface area (Å²) in [5, 5.41) is 8.03. The van der Waals surface area contributed by atoms with Crippen LogP contribution in [0.4, 0.5) is 5.69 Å². The van der Waals surface area contributed by atoms with Crippen molar-refractivity contribution in [2.45, 2.75) is 4.90 Å². The fourth-order valence-corrected chi connectivity index (χ4v) is 2.55. The summed E-state index contributed by atoms with van der Waals surface area (Å²) in [5.41, 5.74) is 5.38. The number of nitrogen functional groups attached to an aromatic ring is 1. The van der Waals surface area contributed by atoms with Gasteiger partial charge in [0.1, 0.15) is 0 Å². The van der Waals surface area contributed by atoms with Gasteiger partial charge in [-0.05, 0) is 12.1 Å². The molecule has 0 atom stereocenters. The van der Waals surface area contributed by atoms with Crippen LogP contribution in [0.2, 0.25) is 10.0 Å². The number of carbonyl (C=O) groups excluding carboxylic acids is 1. The van der Waals surface area contributed by atoms with Crippen LogP contribution >= 0.6 is 23.2 Å². The van der Waals surface area contributed by atoms with Gasteiger partial charge in [0, 0.05) is 0 Å². The van der Waals surface area contributed by atoms with Crippen molar-refractivity contribution in [3.8, 4) is 0 Å². The predicted octanol–water partition coefficient (Wildman–Crippen LogP) is 0.465. The SMILES string of the molecule is Nc1c(Cl)cc(S(=O)(=O)NC(=O)C(=O)O)cc1Cl. The summed E-state index contributed by atoms with van der Waals surface area (Å²) < 4.78 is 24.5. The highest BCUT2D eigenvalue weighted by molar-refractivity contribution is 7.90. The molecular formula is C8H6Cl2N2O5S. The Morgan fingerprint density at radius 3 is 2.06 bits per heavy atom. The highest BCUT2D eigenvalue weighted by Gasteiger charge is 2.23. The molecule has 10 heteroatoms. The molecule has 0 spiro atoms. The van der Waals surface area contributed by atoms with Crippen LogP contribution in [0, 0.1) is 0 Å². The summed E-state index contributed by atoms with van der Waals surface area (Å²) >= 11 is 11.2. The van der Waals surface area contributed by atoms with E-state index in [1.165, 1.54) is 4.72 Å². The van der Waals surface area contributed by atoms with Crippen LogP contribution in [0.1, 0.15) is 0 Å². The van der Waals surface area contributed by atoms with E-state index in [0.717, 1.165) is 12.1 Å². The van der Waals surface area contributed by atoms with Gasteiger partial charge in [-0.15, -0.1) is 0 Å². The number of nitrogens with one attached hydrogen (secondary N) is 1. The number of anilines is 1. The van der Waals surface area contributed by atoms with Crippen LogP contribution in [0.5, 0.6) is 0 Å². The van der Waals surface area contributed by atoms with Crippen LogP contribution in [0.25, 0.3) is 0 Å². The average molecular weight is 313 g/mol. The van der Waals surface area contributed by atoms with Crippen LogP contribution in [-0.2, 0) is 19.6 Å². The summed E-state index contributed by atoms with van der Waals surface area (Å²) in [7, 11) is -4.37. The minimum Gasteiger partial charge on any atom is -0.474 e. The van der Waals surface area contributed by atoms with Gasteiger partial charge in [-0.2, -0.15) is 0 Å². The first-order valence-corrected chi connectivity index (χ1v) is 6.43. The number of nitrogens with two attached hydrogens (primary N) is 1. The quantitative estimate of drug-likeness (QED) is 0.538. The van der Waals surface area contributed by atoms with Crippen LogP contribution in [0.15, 0.2) is 17.0 Å². The van der Waals surface area contributed by atoms with E-state index in [1.807, 2.05) is 0 Å². The van der Waals surface area contributed by atoms with Crippen LogP contribution in [-0.4, -0.2) is 25.4 Å². The number of rotatable bonds is 2. The maximum Gasteiger partial charge on any atom is 0.395 e. The van der Waals surface area contributed by atoms with Gasteiger partial charge in [-0.25, -0.2) is 17.9 Å². The second kappa shape index (κ2) is 5.01. The van der Waals surface area contributed by atoms with Crippen molar-refractivity contribution in [2.24, 2.45) is 0 Å². The fourth-order valence-electron chi connectivity index (χ4n) is 0.941. The zero-order valence-corrected chi connectivity index (χ0v) is 10.8. The van der Waals surface area contributed by atoms with Gasteiger partial charge in [0.2, 0.25) is 0 Å². The summed E-state index contributed by atoms with van der Waals surface area (Å²) in [6.45, 7) is 0. The summed E-state index contributed by atoms with van der Waals surface area (Å²) in [6.07, 6.45) is 0. The minimum absolute atomic E-state index is 0.0261. The number of hydrogen-bond acceptors (Lipinski definition) is 5. The predicted molar refractivity (Wildman–Crippen MR) is 63.8 cm³/mol. The Labute approximate surface area is 112 Å². The van der Waals surface area contributed by atoms with Crippen LogP contribution < -0.4 is 10.5 Å². The summed E-state index contributed by atoms with van der Waals surface area (Å²) in [6, 6.07) is 1.89. The molecule has 0 aliphatic heterocycles. The smallest absolute Gasteiger partial charge is 0.395 e. The Morgan fingerprint density at radius 2 is 1.67 bits per heavy atom. The second-order valence-corrected chi connectivity index (χ2v) is 5.54. The van der Waals surface area contributed by atoms with Gasteiger partial charge in [0.05, 0.1) is 20.6 Å². The average Bonchev–Trinajstić information content (AvgIpc) is 2.24. The lowest BCUT2D eigenvalue weighted by atomic mass is 10.3. The van der Waals surface area contributed by atoms with Gasteiger partial charge in [0.15, 0.2) is 0 Å². The summed E-state index contributed by atoms with van der Waals surface area (Å²) in [4.78, 5) is 20.6. The van der Waals surface area contributed by atoms with Crippen molar-refractivity contribution in [1.82, 2.24) is 4.72 Å². The highest BCUT2D eigenvalue weighted by Crippen LogP contribution is 2.30. The number of amides is 1. The van der Waals surface area contributed by atoms with E-state index in [-0.39, 0.29) is 15.7 Å². The number of carbonyl (C=O) groups is 2. The number of carboxylic acid groups (broad SMARTS) is 1. The molecule has 0 saturated heterocycles. The van der Waals surface area contributed by atoms with E-state index in [4.69, 9.17) is 34.0 Å². The Hall–Kier alpha value is -1.51. The Kier molecular flexibility index (Phi) is 4.05. The third-order valence-corrected chi connectivity index (χ3v) is 3.72. The minimum atomic E-state index is -4.37. The molecule has 0 unspecified atom stereocenters. The van der Waals surface area contributed by atoms with Gasteiger partial charge in [-0.3, -0.25) is 4.79 Å². The topological polar surface area (TPSA) is 127 Å². The highest BCUT2D eigenvalue weighted by atomic mass is 35.5. The van der Waals surface area contributed by atoms with Crippen molar-refractivity contribution in [3.05, 3.63) is 22.2 Å². The number of hydrogen-bond donors (Lipinski definition) is 3. The molecule has 0 saturated carbocycles. The standard InChI is InChI=1S/C8H6Cl2N2O5S/c9-4-1-3(2-5(10)6(4)11)18(16,17)12-7(13)8(14)15/h1-2H,11H2,(H,12,13)(H,14,15). The number of aliphatic carboxylic acids is 1. The second-order valence-electron chi connectivity index (χ2n) is 3.04. The van der Waals surface area contributed by atoms with Crippen molar-refractivity contribution in [1.29, 1.82) is 0 Å². The molecule has 18 heavy (non-hydrogen) atoms. The molecule has 0 radical (unpaired) electrons. The first-order chi connectivity index (χ1) is 8.15. The maximum absolute atomic E-state index is 11.6. The number of sulfonamides is 1. The van der Waals surface area contributed by atoms with E-state index in [1.54, 1.807) is 0 Å². The molecule has 0 bridgehead atoms. The number of carboxylic acids is 1. The van der Waals surface area contributed by atoms with Gasteiger partial charge >= 0.3 is 11.9 Å². The molecule has 1 rings (SSSR count). The van der Waals surface area contributed by atoms with Crippen molar-refractivity contribution in [2.75, 3.05) is 5.73 Å². The largest absolute Gasteiger partial charge is 0.474 e. The molecule has 0 heterocycles. The molecule has 1 aromatic rings. The Morgan fingerprint density at radius 1 is 1.22 bits per heavy atom. The Balaban J connectivity index is 3.22. The lowest BCUT2D eigenvalue weighted by Gasteiger charge is -2.07. The first kappa shape index (κ1) is 14.6. The molecule has 4 N–H and O–H groups in total. The van der Waals surface area contributed by atoms with Gasteiger partial charge in [-0.1, -0.05) is 23.2 Å². The zero-order valence-electron chi connectivity index (χ0n) is 8.48. The molecular weight excluding hydrogens is 307 g/mol. The van der Waals surface area contributed by atoms with E-state index in [0.29, 0.717) is 0 Å². The summed E-state index contributed by atoms with van der Waals surface area (Å²) in [5.74, 6) is -3.63. The number of halogens is 2. The van der Waals surface area contributed by atoms with Gasteiger partial charge in [0.25, 0.3) is 10.0 Å².